The van der Waals surface area contributed by atoms with Crippen LogP contribution in [0.5, 0.6) is 0 Å². The maximum Gasteiger partial charge on any atom is 0.303 e. The number of carbonyl (C=O) groups is 7. The molecule has 1 saturated heterocycles. The average molecular weight is 879 g/mol. The zero-order valence-corrected chi connectivity index (χ0v) is 37.3. The fourth-order valence-electron chi connectivity index (χ4n) is 11.8. The summed E-state index contributed by atoms with van der Waals surface area (Å²) in [6, 6.07) is -1.07. The molecule has 0 aliphatic carbocycles. The lowest BCUT2D eigenvalue weighted by Crippen LogP contribution is -2.55. The predicted octanol–water partition coefficient (Wildman–Crippen LogP) is 4.72. The highest BCUT2D eigenvalue weighted by molar-refractivity contribution is 6.10. The minimum Gasteiger partial charge on any atom is -0.481 e. The second kappa shape index (κ2) is 17.1. The molecule has 9 atom stereocenters. The van der Waals surface area contributed by atoms with E-state index in [1.165, 1.54) is 0 Å². The molecule has 0 spiro atoms. The number of nitrogens with one attached hydrogen (secondary N) is 1. The Balaban J connectivity index is 2.03. The van der Waals surface area contributed by atoms with Gasteiger partial charge in [-0.05, 0) is 63.7 Å². The van der Waals surface area contributed by atoms with Crippen LogP contribution in [0.3, 0.4) is 0 Å². The van der Waals surface area contributed by atoms with Gasteiger partial charge in [0.25, 0.3) is 0 Å². The third-order valence-electron chi connectivity index (χ3n) is 15.3. The van der Waals surface area contributed by atoms with Crippen molar-refractivity contribution >= 4 is 58.8 Å². The summed E-state index contributed by atoms with van der Waals surface area (Å²) in [5.74, 6) is -10.0. The maximum absolute atomic E-state index is 13.3. The highest BCUT2D eigenvalue weighted by Crippen LogP contribution is 2.62. The molecule has 5 aliphatic heterocycles. The number of aliphatic carboxylic acids is 5. The van der Waals surface area contributed by atoms with E-state index in [2.05, 4.69) is 5.32 Å². The molecule has 1 fully saturated rings. The lowest BCUT2D eigenvalue weighted by atomic mass is 9.55. The Hall–Kier alpha value is -5.68. The summed E-state index contributed by atoms with van der Waals surface area (Å²) >= 11 is 0. The van der Waals surface area contributed by atoms with Crippen LogP contribution < -0.4 is 16.8 Å². The van der Waals surface area contributed by atoms with Gasteiger partial charge in [0.2, 0.25) is 11.8 Å². The van der Waals surface area contributed by atoms with Gasteiger partial charge in [0, 0.05) is 118 Å². The fourth-order valence-corrected chi connectivity index (χ4v) is 11.8. The van der Waals surface area contributed by atoms with E-state index in [4.69, 9.17) is 26.4 Å². The molecule has 18 heteroatoms. The molecule has 10 N–H and O–H groups in total. The quantitative estimate of drug-likeness (QED) is 0.0925. The molecular formula is C45H62N6O12. The van der Waals surface area contributed by atoms with Gasteiger partial charge in [-0.1, -0.05) is 34.6 Å². The summed E-state index contributed by atoms with van der Waals surface area (Å²) < 4.78 is 0. The largest absolute Gasteiger partial charge is 0.481 e. The number of nitrogens with two attached hydrogens (primary N) is 2. The SMILES string of the molecule is C/C1=C2N=C(/C=C3\N/C(=C(/C)C4=N[C@@](C)(C5N=C1[C@](C)(CCC(=O)O)[C@H]5CC(=O)O)[C@@](C)(CC(N)=O)[C@@H]4CCC(=O)O)[C@@](C)(CC(N)=O)[C@@H]3CCC(=O)O)C(C)(C)[C@@H]/2CCC(=O)O. The molecule has 1 unspecified atom stereocenters. The molecule has 0 aromatic rings. The molecule has 0 aromatic carbocycles. The first kappa shape index (κ1) is 48.4. The van der Waals surface area contributed by atoms with E-state index < -0.39 is 105 Å². The lowest BCUT2D eigenvalue weighted by Gasteiger charge is -2.48. The van der Waals surface area contributed by atoms with Crippen molar-refractivity contribution in [1.82, 2.24) is 5.32 Å². The van der Waals surface area contributed by atoms with E-state index in [0.29, 0.717) is 45.4 Å². The summed E-state index contributed by atoms with van der Waals surface area (Å²) in [5.41, 5.74) is 9.44. The van der Waals surface area contributed by atoms with Gasteiger partial charge in [0.05, 0.1) is 18.0 Å². The number of hydrogen-bond acceptors (Lipinski definition) is 11. The van der Waals surface area contributed by atoms with Gasteiger partial charge in [-0.25, -0.2) is 0 Å². The van der Waals surface area contributed by atoms with Crippen LogP contribution in [-0.4, -0.2) is 95.9 Å². The number of aliphatic imine (C=N–C) groups is 3. The zero-order chi connectivity index (χ0) is 47.4. The number of carboxylic acid groups (broad SMARTS) is 5. The van der Waals surface area contributed by atoms with E-state index in [-0.39, 0.29) is 64.2 Å². The third kappa shape index (κ3) is 8.56. The standard InChI is InChI=1S/C45H62N6O12/c1-21-36-24(10-13-32(56)57)41(3,4)28(49-36)18-27-23(9-12-31(54)55)43(6,19-29(46)52)39(48-27)22(2)37-25(11-14-33(58)59)44(7,20-30(47)53)45(8,51-37)40-26(17-35(62)63)42(5,38(21)50-40)16-15-34(60)61/h18,23-26,40,48H,9-17,19-20H2,1-8H3,(H2,46,52)(H2,47,53)(H,54,55)(H,56,57)(H,58,59)(H,60,61)(H,62,63)/b27-18-,36-21-,39-22-/t23-,24-,25-,26+,40?,42-,43+,44+,45+/m1/s1. The summed E-state index contributed by atoms with van der Waals surface area (Å²) in [6.07, 6.45) is -0.470. The van der Waals surface area contributed by atoms with Crippen LogP contribution in [0.15, 0.2) is 49.3 Å². The molecule has 0 radical (unpaired) electrons. The van der Waals surface area contributed by atoms with Crippen LogP contribution in [0.2, 0.25) is 0 Å². The molecule has 8 bridgehead atoms. The van der Waals surface area contributed by atoms with Crippen molar-refractivity contribution in [3.63, 3.8) is 0 Å². The van der Waals surface area contributed by atoms with Crippen molar-refractivity contribution in [2.24, 2.45) is 71.8 Å². The zero-order valence-electron chi connectivity index (χ0n) is 37.3. The average Bonchev–Trinajstić information content (AvgIpc) is 3.75. The number of hydrogen-bond donors (Lipinski definition) is 8. The van der Waals surface area contributed by atoms with Crippen LogP contribution in [0, 0.1) is 45.3 Å². The van der Waals surface area contributed by atoms with Crippen LogP contribution >= 0.6 is 0 Å². The van der Waals surface area contributed by atoms with Gasteiger partial charge in [0.1, 0.15) is 0 Å². The molecule has 63 heavy (non-hydrogen) atoms. The number of carboxylic acids is 5. The van der Waals surface area contributed by atoms with Crippen molar-refractivity contribution in [3.05, 3.63) is 34.3 Å². The number of carbonyl (C=O) groups excluding carboxylic acids is 2. The second-order valence-corrected chi connectivity index (χ2v) is 19.6. The third-order valence-corrected chi connectivity index (χ3v) is 15.3. The number of fused-ring (bicyclic) bond motifs is 6. The minimum absolute atomic E-state index is 0.0433. The summed E-state index contributed by atoms with van der Waals surface area (Å²) in [5, 5.41) is 54.2. The van der Waals surface area contributed by atoms with Crippen molar-refractivity contribution < 1.29 is 59.1 Å². The number of primary amides is 2. The first-order valence-corrected chi connectivity index (χ1v) is 21.4. The smallest absolute Gasteiger partial charge is 0.303 e. The van der Waals surface area contributed by atoms with Gasteiger partial charge in [-0.2, -0.15) is 0 Å². The van der Waals surface area contributed by atoms with E-state index in [1.54, 1.807) is 47.6 Å². The predicted molar refractivity (Wildman–Crippen MR) is 231 cm³/mol. The van der Waals surface area contributed by atoms with Crippen LogP contribution in [0.1, 0.15) is 126 Å². The van der Waals surface area contributed by atoms with Crippen molar-refractivity contribution in [2.75, 3.05) is 0 Å². The Labute approximate surface area is 366 Å². The Kier molecular flexibility index (Phi) is 13.1. The summed E-state index contributed by atoms with van der Waals surface area (Å²) in [4.78, 5) is 104. The first-order valence-electron chi connectivity index (χ1n) is 21.4. The van der Waals surface area contributed by atoms with Gasteiger partial charge in [-0.3, -0.25) is 48.5 Å². The topological polar surface area (TPSA) is 322 Å². The number of allylic oxidation sites excluding steroid dienone is 6. The minimum atomic E-state index is -1.52. The Morgan fingerprint density at radius 3 is 1.71 bits per heavy atom. The van der Waals surface area contributed by atoms with E-state index in [1.807, 2.05) is 13.8 Å². The molecule has 18 nitrogen and oxygen atoms in total. The molecule has 2 amide bonds. The molecule has 5 aliphatic rings. The monoisotopic (exact) mass is 878 g/mol. The Morgan fingerprint density at radius 1 is 0.683 bits per heavy atom. The van der Waals surface area contributed by atoms with Crippen LogP contribution in [0.4, 0.5) is 0 Å². The molecule has 0 saturated carbocycles. The van der Waals surface area contributed by atoms with Crippen LogP contribution in [0.25, 0.3) is 0 Å². The highest BCUT2D eigenvalue weighted by atomic mass is 16.4. The molecule has 5 heterocycles. The number of nitrogens with zero attached hydrogens (tertiary/aromatic N) is 3. The molecule has 5 rings (SSSR count). The Bertz CT molecular complexity index is 2220. The van der Waals surface area contributed by atoms with Gasteiger partial charge in [-0.15, -0.1) is 0 Å². The number of amides is 2. The number of rotatable bonds is 18. The van der Waals surface area contributed by atoms with Gasteiger partial charge >= 0.3 is 29.8 Å². The van der Waals surface area contributed by atoms with Crippen molar-refractivity contribution in [3.8, 4) is 0 Å². The second-order valence-electron chi connectivity index (χ2n) is 19.6. The maximum atomic E-state index is 13.3. The van der Waals surface area contributed by atoms with E-state index >= 15 is 0 Å². The first-order chi connectivity index (χ1) is 29.0. The molecular weight excluding hydrogens is 817 g/mol. The summed E-state index contributed by atoms with van der Waals surface area (Å²) in [7, 11) is 0. The highest BCUT2D eigenvalue weighted by Gasteiger charge is 2.66. The van der Waals surface area contributed by atoms with Gasteiger partial charge < -0.3 is 42.3 Å². The summed E-state index contributed by atoms with van der Waals surface area (Å²) in [6.45, 7) is 14.4. The lowest BCUT2D eigenvalue weighted by molar-refractivity contribution is -0.140. The molecule has 344 valence electrons. The molecule has 0 aromatic heterocycles. The van der Waals surface area contributed by atoms with Crippen molar-refractivity contribution in [1.29, 1.82) is 0 Å². The fraction of sp³-hybridized carbons (Fsp3) is 0.644. The Morgan fingerprint density at radius 2 is 1.21 bits per heavy atom. The van der Waals surface area contributed by atoms with Gasteiger partial charge in [0.15, 0.2) is 0 Å². The van der Waals surface area contributed by atoms with E-state index in [0.717, 1.165) is 0 Å². The van der Waals surface area contributed by atoms with E-state index in [9.17, 15) is 59.1 Å². The van der Waals surface area contributed by atoms with Crippen molar-refractivity contribution in [2.45, 2.75) is 138 Å². The van der Waals surface area contributed by atoms with Crippen LogP contribution in [-0.2, 0) is 33.6 Å². The normalized spacial score (nSPS) is 36.2.